The molecule has 0 fully saturated rings. The van der Waals surface area contributed by atoms with Gasteiger partial charge in [-0.1, -0.05) is 37.3 Å². The van der Waals surface area contributed by atoms with E-state index in [2.05, 4.69) is 17.6 Å². The Morgan fingerprint density at radius 3 is 2.85 bits per heavy atom. The fourth-order valence-corrected chi connectivity index (χ4v) is 4.83. The number of anilines is 1. The quantitative estimate of drug-likeness (QED) is 0.582. The van der Waals surface area contributed by atoms with Crippen LogP contribution in [0.5, 0.6) is 0 Å². The second-order valence-corrected chi connectivity index (χ2v) is 8.08. The van der Waals surface area contributed by atoms with E-state index in [1.54, 1.807) is 11.3 Å². The number of hydrogen-bond acceptors (Lipinski definition) is 4. The highest BCUT2D eigenvalue weighted by molar-refractivity contribution is 7.80. The fourth-order valence-electron chi connectivity index (χ4n) is 3.18. The molecule has 0 saturated heterocycles. The Balaban J connectivity index is 1.75. The average molecular weight is 389 g/mol. The average Bonchev–Trinajstić information content (AvgIpc) is 2.98. The van der Waals surface area contributed by atoms with E-state index in [0.29, 0.717) is 29.7 Å². The standard InChI is InChI=1S/C20H24N2O2S2/c1-3-24-19(23)17-15-10-9-13(2)11-16(15)26-18(17)22-20(25)21-12-14-7-5-4-6-8-14/h4-8,13H,3,9-12H2,1-2H3,(H2,21,22,25). The predicted molar refractivity (Wildman–Crippen MR) is 111 cm³/mol. The first kappa shape index (κ1) is 18.9. The minimum absolute atomic E-state index is 0.257. The van der Waals surface area contributed by atoms with E-state index >= 15 is 0 Å². The molecule has 6 heteroatoms. The SMILES string of the molecule is CCOC(=O)c1c(NC(=S)NCc2ccccc2)sc2c1CCC(C)C2. The normalized spacial score (nSPS) is 15.8. The molecular weight excluding hydrogens is 364 g/mol. The van der Waals surface area contributed by atoms with Gasteiger partial charge in [-0.05, 0) is 55.4 Å². The van der Waals surface area contributed by atoms with Crippen LogP contribution < -0.4 is 10.6 Å². The largest absolute Gasteiger partial charge is 0.462 e. The van der Waals surface area contributed by atoms with Crippen molar-refractivity contribution < 1.29 is 9.53 Å². The van der Waals surface area contributed by atoms with Crippen LogP contribution in [0.15, 0.2) is 30.3 Å². The zero-order valence-corrected chi connectivity index (χ0v) is 16.8. The second-order valence-electron chi connectivity index (χ2n) is 6.57. The summed E-state index contributed by atoms with van der Waals surface area (Å²) in [6, 6.07) is 10.1. The van der Waals surface area contributed by atoms with Gasteiger partial charge in [0, 0.05) is 11.4 Å². The van der Waals surface area contributed by atoms with E-state index in [4.69, 9.17) is 17.0 Å². The van der Waals surface area contributed by atoms with E-state index in [9.17, 15) is 4.79 Å². The zero-order chi connectivity index (χ0) is 18.5. The first-order chi connectivity index (χ1) is 12.6. The molecule has 1 aromatic carbocycles. The number of carbonyl (C=O) groups is 1. The highest BCUT2D eigenvalue weighted by atomic mass is 32.1. The Bertz CT molecular complexity index is 787. The molecule has 1 aliphatic carbocycles. The maximum absolute atomic E-state index is 12.5. The summed E-state index contributed by atoms with van der Waals surface area (Å²) in [4.78, 5) is 13.8. The van der Waals surface area contributed by atoms with Crippen molar-refractivity contribution in [2.75, 3.05) is 11.9 Å². The van der Waals surface area contributed by atoms with Crippen LogP contribution in [0, 0.1) is 5.92 Å². The molecule has 26 heavy (non-hydrogen) atoms. The molecule has 0 saturated carbocycles. The van der Waals surface area contributed by atoms with Crippen molar-refractivity contribution in [1.82, 2.24) is 5.32 Å². The number of benzene rings is 1. The topological polar surface area (TPSA) is 50.4 Å². The number of rotatable bonds is 5. The molecule has 2 N–H and O–H groups in total. The minimum atomic E-state index is -0.257. The Kier molecular flexibility index (Phi) is 6.27. The Hall–Kier alpha value is -1.92. The van der Waals surface area contributed by atoms with Gasteiger partial charge in [-0.3, -0.25) is 0 Å². The Morgan fingerprint density at radius 1 is 1.35 bits per heavy atom. The van der Waals surface area contributed by atoms with Crippen LogP contribution in [0.1, 0.15) is 46.6 Å². The third-order valence-electron chi connectivity index (χ3n) is 4.51. The van der Waals surface area contributed by atoms with Crippen LogP contribution in [-0.2, 0) is 24.1 Å². The summed E-state index contributed by atoms with van der Waals surface area (Å²) in [7, 11) is 0. The van der Waals surface area contributed by atoms with E-state index in [0.717, 1.165) is 35.4 Å². The molecule has 0 bridgehead atoms. The maximum atomic E-state index is 12.5. The molecule has 0 radical (unpaired) electrons. The Morgan fingerprint density at radius 2 is 2.12 bits per heavy atom. The number of carbonyl (C=O) groups excluding carboxylic acids is 1. The van der Waals surface area contributed by atoms with Crippen LogP contribution in [-0.4, -0.2) is 17.7 Å². The summed E-state index contributed by atoms with van der Waals surface area (Å²) < 4.78 is 5.29. The third-order valence-corrected chi connectivity index (χ3v) is 5.93. The molecule has 138 valence electrons. The van der Waals surface area contributed by atoms with Gasteiger partial charge in [0.2, 0.25) is 0 Å². The summed E-state index contributed by atoms with van der Waals surface area (Å²) in [5, 5.41) is 7.76. The van der Waals surface area contributed by atoms with E-state index in [-0.39, 0.29) is 5.97 Å². The van der Waals surface area contributed by atoms with Crippen molar-refractivity contribution in [3.05, 3.63) is 51.9 Å². The monoisotopic (exact) mass is 388 g/mol. The van der Waals surface area contributed by atoms with E-state index < -0.39 is 0 Å². The highest BCUT2D eigenvalue weighted by Crippen LogP contribution is 2.40. The van der Waals surface area contributed by atoms with Crippen LogP contribution in [0.4, 0.5) is 5.00 Å². The van der Waals surface area contributed by atoms with Gasteiger partial charge in [0.25, 0.3) is 0 Å². The smallest absolute Gasteiger partial charge is 0.341 e. The highest BCUT2D eigenvalue weighted by Gasteiger charge is 2.28. The molecule has 1 aromatic heterocycles. The molecule has 1 atom stereocenters. The minimum Gasteiger partial charge on any atom is -0.462 e. The summed E-state index contributed by atoms with van der Waals surface area (Å²) in [6.45, 7) is 5.10. The lowest BCUT2D eigenvalue weighted by Crippen LogP contribution is -2.28. The van der Waals surface area contributed by atoms with Crippen molar-refractivity contribution in [1.29, 1.82) is 0 Å². The molecule has 0 spiro atoms. The molecule has 4 nitrogen and oxygen atoms in total. The number of thiophene rings is 1. The van der Waals surface area contributed by atoms with Gasteiger partial charge in [0.15, 0.2) is 5.11 Å². The lowest BCUT2D eigenvalue weighted by Gasteiger charge is -2.18. The molecule has 1 heterocycles. The zero-order valence-electron chi connectivity index (χ0n) is 15.1. The second kappa shape index (κ2) is 8.64. The first-order valence-corrected chi connectivity index (χ1v) is 10.2. The number of thiocarbonyl (C=S) groups is 1. The van der Waals surface area contributed by atoms with Gasteiger partial charge in [0.05, 0.1) is 12.2 Å². The van der Waals surface area contributed by atoms with Crippen molar-refractivity contribution in [2.45, 2.75) is 39.7 Å². The predicted octanol–water partition coefficient (Wildman–Crippen LogP) is 4.54. The first-order valence-electron chi connectivity index (χ1n) is 8.99. The lowest BCUT2D eigenvalue weighted by molar-refractivity contribution is 0.0526. The third kappa shape index (κ3) is 4.43. The van der Waals surface area contributed by atoms with Crippen LogP contribution in [0.3, 0.4) is 0 Å². The van der Waals surface area contributed by atoms with Crippen molar-refractivity contribution in [3.8, 4) is 0 Å². The summed E-state index contributed by atoms with van der Waals surface area (Å²) in [5.74, 6) is 0.389. The summed E-state index contributed by atoms with van der Waals surface area (Å²) in [6.07, 6.45) is 3.04. The van der Waals surface area contributed by atoms with E-state index in [1.165, 1.54) is 4.88 Å². The van der Waals surface area contributed by atoms with Gasteiger partial charge < -0.3 is 15.4 Å². The number of fused-ring (bicyclic) bond motifs is 1. The number of ether oxygens (including phenoxy) is 1. The van der Waals surface area contributed by atoms with Gasteiger partial charge >= 0.3 is 5.97 Å². The van der Waals surface area contributed by atoms with Gasteiger partial charge in [-0.2, -0.15) is 0 Å². The van der Waals surface area contributed by atoms with Crippen LogP contribution in [0.2, 0.25) is 0 Å². The molecule has 3 rings (SSSR count). The number of esters is 1. The van der Waals surface area contributed by atoms with E-state index in [1.807, 2.05) is 37.3 Å². The van der Waals surface area contributed by atoms with Crippen molar-refractivity contribution >= 4 is 39.6 Å². The number of hydrogen-bond donors (Lipinski definition) is 2. The molecule has 1 aliphatic rings. The van der Waals surface area contributed by atoms with Crippen molar-refractivity contribution in [3.63, 3.8) is 0 Å². The van der Waals surface area contributed by atoms with Crippen LogP contribution in [0.25, 0.3) is 0 Å². The van der Waals surface area contributed by atoms with Gasteiger partial charge in [0.1, 0.15) is 5.00 Å². The lowest BCUT2D eigenvalue weighted by atomic mass is 9.88. The van der Waals surface area contributed by atoms with Crippen LogP contribution >= 0.6 is 23.6 Å². The molecule has 1 unspecified atom stereocenters. The molecular formula is C20H24N2O2S2. The maximum Gasteiger partial charge on any atom is 0.341 e. The summed E-state index contributed by atoms with van der Waals surface area (Å²) >= 11 is 7.07. The van der Waals surface area contributed by atoms with Gasteiger partial charge in [-0.15, -0.1) is 11.3 Å². The summed E-state index contributed by atoms with van der Waals surface area (Å²) in [5.41, 5.74) is 2.96. The number of nitrogens with one attached hydrogen (secondary N) is 2. The Labute approximate surface area is 164 Å². The molecule has 0 aliphatic heterocycles. The van der Waals surface area contributed by atoms with Gasteiger partial charge in [-0.25, -0.2) is 4.79 Å². The van der Waals surface area contributed by atoms with Crippen molar-refractivity contribution in [2.24, 2.45) is 5.92 Å². The molecule has 0 amide bonds. The molecule has 2 aromatic rings. The fraction of sp³-hybridized carbons (Fsp3) is 0.400.